The van der Waals surface area contributed by atoms with E-state index in [1.165, 1.54) is 11.1 Å². The molecule has 0 saturated heterocycles. The van der Waals surface area contributed by atoms with Crippen LogP contribution in [-0.2, 0) is 10.8 Å². The topological polar surface area (TPSA) is 40.5 Å². The zero-order valence-electron chi connectivity index (χ0n) is 15.8. The van der Waals surface area contributed by atoms with Crippen LogP contribution in [0.4, 0.5) is 0 Å². The van der Waals surface area contributed by atoms with Crippen molar-refractivity contribution in [1.29, 1.82) is 0 Å². The van der Waals surface area contributed by atoms with Crippen LogP contribution in [0, 0.1) is 0 Å². The third-order valence-electron chi connectivity index (χ3n) is 5.45. The van der Waals surface area contributed by atoms with Crippen molar-refractivity contribution in [3.8, 4) is 11.5 Å². The van der Waals surface area contributed by atoms with E-state index in [0.717, 1.165) is 11.1 Å². The number of rotatable bonds is 4. The van der Waals surface area contributed by atoms with Crippen LogP contribution in [0.1, 0.15) is 49.9 Å². The second-order valence-electron chi connectivity index (χ2n) is 7.89. The molecule has 0 unspecified atom stereocenters. The molecule has 0 heterocycles. The molecule has 0 atom stereocenters. The lowest BCUT2D eigenvalue weighted by atomic mass is 9.68. The Morgan fingerprint density at radius 1 is 0.500 bits per heavy atom. The van der Waals surface area contributed by atoms with Crippen molar-refractivity contribution in [2.24, 2.45) is 0 Å². The number of aromatic hydroxyl groups is 2. The van der Waals surface area contributed by atoms with E-state index in [1.54, 1.807) is 24.3 Å². The van der Waals surface area contributed by atoms with E-state index in [2.05, 4.69) is 52.0 Å². The van der Waals surface area contributed by atoms with Gasteiger partial charge in [0.15, 0.2) is 0 Å². The zero-order valence-corrected chi connectivity index (χ0v) is 15.8. The molecule has 3 aromatic carbocycles. The molecule has 0 aromatic heterocycles. The quantitative estimate of drug-likeness (QED) is 0.631. The van der Waals surface area contributed by atoms with Gasteiger partial charge in [0.2, 0.25) is 0 Å². The molecular weight excluding hydrogens is 320 g/mol. The lowest BCUT2D eigenvalue weighted by Gasteiger charge is -2.35. The maximum absolute atomic E-state index is 9.63. The number of hydrogen-bond donors (Lipinski definition) is 2. The molecule has 3 aromatic rings. The first-order chi connectivity index (χ1) is 12.2. The number of phenols is 2. The summed E-state index contributed by atoms with van der Waals surface area (Å²) in [4.78, 5) is 0. The van der Waals surface area contributed by atoms with Crippen LogP contribution in [0.2, 0.25) is 0 Å². The van der Waals surface area contributed by atoms with Crippen LogP contribution in [0.25, 0.3) is 0 Å². The molecule has 2 heteroatoms. The minimum Gasteiger partial charge on any atom is -0.508 e. The average Bonchev–Trinajstić information content (AvgIpc) is 2.62. The van der Waals surface area contributed by atoms with Crippen molar-refractivity contribution in [1.82, 2.24) is 0 Å². The largest absolute Gasteiger partial charge is 0.508 e. The van der Waals surface area contributed by atoms with Gasteiger partial charge in [-0.2, -0.15) is 0 Å². The second kappa shape index (κ2) is 6.53. The molecule has 0 aliphatic heterocycles. The fraction of sp³-hybridized carbons (Fsp3) is 0.250. The van der Waals surface area contributed by atoms with Crippen LogP contribution in [0.5, 0.6) is 11.5 Å². The third kappa shape index (κ3) is 3.20. The normalized spacial score (nSPS) is 12.2. The highest BCUT2D eigenvalue weighted by molar-refractivity contribution is 5.50. The SMILES string of the molecule is CC(C)(c1ccc(O)cc1)c1ccccc1C(C)(C)c1ccc(O)cc1. The van der Waals surface area contributed by atoms with Gasteiger partial charge in [0.25, 0.3) is 0 Å². The summed E-state index contributed by atoms with van der Waals surface area (Å²) in [5.41, 5.74) is 4.40. The Morgan fingerprint density at radius 3 is 1.12 bits per heavy atom. The summed E-state index contributed by atoms with van der Waals surface area (Å²) in [6.45, 7) is 8.85. The van der Waals surface area contributed by atoms with Crippen LogP contribution < -0.4 is 0 Å². The van der Waals surface area contributed by atoms with Gasteiger partial charge in [-0.15, -0.1) is 0 Å². The highest BCUT2D eigenvalue weighted by Gasteiger charge is 2.32. The number of phenolic OH excluding ortho intramolecular Hbond substituents is 2. The van der Waals surface area contributed by atoms with E-state index in [0.29, 0.717) is 0 Å². The second-order valence-corrected chi connectivity index (χ2v) is 7.89. The minimum atomic E-state index is -0.210. The lowest BCUT2D eigenvalue weighted by Crippen LogP contribution is -2.28. The Kier molecular flexibility index (Phi) is 4.53. The molecule has 0 bridgehead atoms. The predicted molar refractivity (Wildman–Crippen MR) is 107 cm³/mol. The number of benzene rings is 3. The monoisotopic (exact) mass is 346 g/mol. The average molecular weight is 346 g/mol. The Bertz CT molecular complexity index is 812. The molecule has 134 valence electrons. The van der Waals surface area contributed by atoms with E-state index < -0.39 is 0 Å². The lowest BCUT2D eigenvalue weighted by molar-refractivity contribution is 0.473. The highest BCUT2D eigenvalue weighted by atomic mass is 16.3. The predicted octanol–water partition coefficient (Wildman–Crippen LogP) is 5.75. The summed E-state index contributed by atoms with van der Waals surface area (Å²) in [6, 6.07) is 23.4. The van der Waals surface area contributed by atoms with Gasteiger partial charge in [0.1, 0.15) is 11.5 Å². The Balaban J connectivity index is 2.13. The highest BCUT2D eigenvalue weighted by Crippen LogP contribution is 2.41. The molecule has 0 amide bonds. The van der Waals surface area contributed by atoms with Crippen LogP contribution in [0.15, 0.2) is 72.8 Å². The van der Waals surface area contributed by atoms with Gasteiger partial charge < -0.3 is 10.2 Å². The maximum Gasteiger partial charge on any atom is 0.115 e. The van der Waals surface area contributed by atoms with Crippen LogP contribution >= 0.6 is 0 Å². The van der Waals surface area contributed by atoms with Gasteiger partial charge in [-0.1, -0.05) is 76.2 Å². The molecule has 0 aliphatic carbocycles. The van der Waals surface area contributed by atoms with Crippen molar-refractivity contribution < 1.29 is 10.2 Å². The Labute approximate surface area is 155 Å². The van der Waals surface area contributed by atoms with E-state index in [-0.39, 0.29) is 22.3 Å². The summed E-state index contributed by atoms with van der Waals surface area (Å²) in [7, 11) is 0. The van der Waals surface area contributed by atoms with Gasteiger partial charge >= 0.3 is 0 Å². The molecule has 0 aliphatic rings. The summed E-state index contributed by atoms with van der Waals surface area (Å²) in [5.74, 6) is 0.560. The Morgan fingerprint density at radius 2 is 0.808 bits per heavy atom. The molecule has 0 fully saturated rings. The van der Waals surface area contributed by atoms with Crippen molar-refractivity contribution in [3.05, 3.63) is 95.1 Å². The van der Waals surface area contributed by atoms with Gasteiger partial charge in [-0.25, -0.2) is 0 Å². The van der Waals surface area contributed by atoms with E-state index >= 15 is 0 Å². The van der Waals surface area contributed by atoms with Crippen LogP contribution in [0.3, 0.4) is 0 Å². The number of hydrogen-bond acceptors (Lipinski definition) is 2. The molecule has 0 radical (unpaired) electrons. The van der Waals surface area contributed by atoms with Gasteiger partial charge in [-0.05, 0) is 46.5 Å². The summed E-state index contributed by atoms with van der Waals surface area (Å²) < 4.78 is 0. The molecule has 0 saturated carbocycles. The molecule has 0 spiro atoms. The third-order valence-corrected chi connectivity index (χ3v) is 5.45. The summed E-state index contributed by atoms with van der Waals surface area (Å²) >= 11 is 0. The van der Waals surface area contributed by atoms with E-state index in [4.69, 9.17) is 0 Å². The first-order valence-corrected chi connectivity index (χ1v) is 8.92. The van der Waals surface area contributed by atoms with Crippen molar-refractivity contribution in [2.45, 2.75) is 38.5 Å². The van der Waals surface area contributed by atoms with Crippen molar-refractivity contribution in [2.75, 3.05) is 0 Å². The van der Waals surface area contributed by atoms with E-state index in [1.807, 2.05) is 24.3 Å². The Hall–Kier alpha value is -2.74. The minimum absolute atomic E-state index is 0.210. The summed E-state index contributed by atoms with van der Waals surface area (Å²) in [5, 5.41) is 19.3. The molecule has 26 heavy (non-hydrogen) atoms. The fourth-order valence-corrected chi connectivity index (χ4v) is 3.64. The first kappa shape index (κ1) is 18.1. The standard InChI is InChI=1S/C24H26O2/c1-23(2,17-9-13-19(25)14-10-17)21-7-5-6-8-22(21)24(3,4)18-11-15-20(26)16-12-18/h5-16,25-26H,1-4H3. The van der Waals surface area contributed by atoms with Gasteiger partial charge in [0, 0.05) is 10.8 Å². The summed E-state index contributed by atoms with van der Waals surface area (Å²) in [6.07, 6.45) is 0. The van der Waals surface area contributed by atoms with E-state index in [9.17, 15) is 10.2 Å². The molecule has 2 nitrogen and oxygen atoms in total. The smallest absolute Gasteiger partial charge is 0.115 e. The fourth-order valence-electron chi connectivity index (χ4n) is 3.64. The van der Waals surface area contributed by atoms with Crippen LogP contribution in [-0.4, -0.2) is 10.2 Å². The molecule has 2 N–H and O–H groups in total. The van der Waals surface area contributed by atoms with Crippen molar-refractivity contribution >= 4 is 0 Å². The zero-order chi connectivity index (χ0) is 18.9. The first-order valence-electron chi connectivity index (χ1n) is 8.92. The molecular formula is C24H26O2. The van der Waals surface area contributed by atoms with Crippen molar-refractivity contribution in [3.63, 3.8) is 0 Å². The molecule has 3 rings (SSSR count). The van der Waals surface area contributed by atoms with Gasteiger partial charge in [-0.3, -0.25) is 0 Å². The maximum atomic E-state index is 9.63. The van der Waals surface area contributed by atoms with Gasteiger partial charge in [0.05, 0.1) is 0 Å².